The smallest absolute Gasteiger partial charge is 0.139 e. The first kappa shape index (κ1) is 13.5. The van der Waals surface area contributed by atoms with Crippen LogP contribution in [0, 0.1) is 11.8 Å². The van der Waals surface area contributed by atoms with E-state index >= 15 is 0 Å². The third-order valence-corrected chi connectivity index (χ3v) is 5.17. The quantitative estimate of drug-likeness (QED) is 0.826. The summed E-state index contributed by atoms with van der Waals surface area (Å²) >= 11 is 0. The highest BCUT2D eigenvalue weighted by Crippen LogP contribution is 2.39. The van der Waals surface area contributed by atoms with E-state index in [0.717, 1.165) is 64.8 Å². The molecular formula is C15H25NO3. The van der Waals surface area contributed by atoms with Gasteiger partial charge in [0.2, 0.25) is 0 Å². The molecule has 3 aliphatic rings. The lowest BCUT2D eigenvalue weighted by atomic mass is 9.76. The van der Waals surface area contributed by atoms with Gasteiger partial charge in [-0.25, -0.2) is 0 Å². The highest BCUT2D eigenvalue weighted by Gasteiger charge is 2.43. The van der Waals surface area contributed by atoms with E-state index in [1.807, 2.05) is 0 Å². The number of nitrogens with two attached hydrogens (primary N) is 1. The van der Waals surface area contributed by atoms with Crippen LogP contribution in [0.2, 0.25) is 0 Å². The molecule has 3 fully saturated rings. The third kappa shape index (κ3) is 2.86. The van der Waals surface area contributed by atoms with E-state index in [9.17, 15) is 4.79 Å². The molecule has 1 spiro atoms. The van der Waals surface area contributed by atoms with Crippen molar-refractivity contribution in [2.45, 2.75) is 56.6 Å². The minimum absolute atomic E-state index is 0.0719. The molecule has 2 saturated heterocycles. The average molecular weight is 267 g/mol. The minimum atomic E-state index is -0.0719. The zero-order valence-electron chi connectivity index (χ0n) is 11.6. The van der Waals surface area contributed by atoms with Gasteiger partial charge in [-0.05, 0) is 44.9 Å². The topological polar surface area (TPSA) is 61.6 Å². The first-order valence-corrected chi connectivity index (χ1v) is 7.70. The van der Waals surface area contributed by atoms with Crippen molar-refractivity contribution in [1.82, 2.24) is 0 Å². The van der Waals surface area contributed by atoms with Crippen LogP contribution in [0.25, 0.3) is 0 Å². The second kappa shape index (κ2) is 5.51. The molecule has 19 heavy (non-hydrogen) atoms. The van der Waals surface area contributed by atoms with Crippen LogP contribution in [-0.4, -0.2) is 37.2 Å². The predicted molar refractivity (Wildman–Crippen MR) is 71.8 cm³/mol. The van der Waals surface area contributed by atoms with Crippen LogP contribution in [0.4, 0.5) is 0 Å². The van der Waals surface area contributed by atoms with Crippen LogP contribution < -0.4 is 5.73 Å². The number of ether oxygens (including phenoxy) is 2. The Kier molecular flexibility index (Phi) is 3.92. The Morgan fingerprint density at radius 2 is 1.84 bits per heavy atom. The van der Waals surface area contributed by atoms with Gasteiger partial charge in [0.25, 0.3) is 0 Å². The summed E-state index contributed by atoms with van der Waals surface area (Å²) in [6, 6.07) is 0.242. The Hall–Kier alpha value is -0.450. The van der Waals surface area contributed by atoms with E-state index in [2.05, 4.69) is 0 Å². The third-order valence-electron chi connectivity index (χ3n) is 5.17. The molecule has 3 rings (SSSR count). The van der Waals surface area contributed by atoms with Crippen molar-refractivity contribution in [1.29, 1.82) is 0 Å². The number of carbonyl (C=O) groups is 1. The lowest BCUT2D eigenvalue weighted by molar-refractivity contribution is -0.158. The molecule has 4 heteroatoms. The lowest BCUT2D eigenvalue weighted by Gasteiger charge is -2.43. The molecule has 2 aliphatic heterocycles. The van der Waals surface area contributed by atoms with Crippen molar-refractivity contribution < 1.29 is 14.3 Å². The van der Waals surface area contributed by atoms with Gasteiger partial charge in [-0.2, -0.15) is 0 Å². The van der Waals surface area contributed by atoms with Gasteiger partial charge < -0.3 is 15.2 Å². The molecule has 1 aliphatic carbocycles. The van der Waals surface area contributed by atoms with Crippen molar-refractivity contribution in [3.05, 3.63) is 0 Å². The Balaban J connectivity index is 1.62. The van der Waals surface area contributed by atoms with Crippen LogP contribution in [0.3, 0.4) is 0 Å². The Labute approximate surface area is 115 Å². The summed E-state index contributed by atoms with van der Waals surface area (Å²) in [6.07, 6.45) is 6.59. The molecule has 0 aromatic heterocycles. The Morgan fingerprint density at radius 3 is 2.53 bits per heavy atom. The first-order valence-electron chi connectivity index (χ1n) is 7.70. The highest BCUT2D eigenvalue weighted by atomic mass is 16.5. The summed E-state index contributed by atoms with van der Waals surface area (Å²) in [5.74, 6) is 0.874. The van der Waals surface area contributed by atoms with Crippen molar-refractivity contribution in [3.8, 4) is 0 Å². The number of ketones is 1. The van der Waals surface area contributed by atoms with Gasteiger partial charge in [0.15, 0.2) is 0 Å². The summed E-state index contributed by atoms with van der Waals surface area (Å²) in [7, 11) is 0. The Morgan fingerprint density at radius 1 is 1.05 bits per heavy atom. The fourth-order valence-corrected chi connectivity index (χ4v) is 3.97. The summed E-state index contributed by atoms with van der Waals surface area (Å²) in [5.41, 5.74) is 5.86. The lowest BCUT2D eigenvalue weighted by Crippen LogP contribution is -2.46. The van der Waals surface area contributed by atoms with E-state index in [4.69, 9.17) is 15.2 Å². The molecule has 0 amide bonds. The van der Waals surface area contributed by atoms with Gasteiger partial charge in [-0.1, -0.05) is 0 Å². The number of Topliss-reactive ketones (excluding diaryl/α,β-unsaturated/α-hetero) is 1. The zero-order chi connectivity index (χ0) is 13.3. The number of rotatable bonds is 2. The van der Waals surface area contributed by atoms with Gasteiger partial charge in [-0.3, -0.25) is 4.79 Å². The van der Waals surface area contributed by atoms with Crippen LogP contribution in [0.5, 0.6) is 0 Å². The van der Waals surface area contributed by atoms with Crippen LogP contribution in [0.15, 0.2) is 0 Å². The molecule has 0 radical (unpaired) electrons. The molecule has 0 aromatic carbocycles. The first-order chi connectivity index (χ1) is 9.19. The average Bonchev–Trinajstić information content (AvgIpc) is 2.85. The van der Waals surface area contributed by atoms with E-state index in [1.54, 1.807) is 0 Å². The second-order valence-corrected chi connectivity index (χ2v) is 6.51. The predicted octanol–water partition coefficient (Wildman–Crippen LogP) is 1.66. The van der Waals surface area contributed by atoms with Crippen LogP contribution in [-0.2, 0) is 14.3 Å². The van der Waals surface area contributed by atoms with E-state index < -0.39 is 0 Å². The number of hydrogen-bond acceptors (Lipinski definition) is 4. The maximum atomic E-state index is 12.6. The number of carbonyl (C=O) groups excluding carboxylic acids is 1. The number of hydrogen-bond donors (Lipinski definition) is 1. The monoisotopic (exact) mass is 267 g/mol. The normalized spacial score (nSPS) is 38.5. The van der Waals surface area contributed by atoms with Crippen LogP contribution in [0.1, 0.15) is 44.9 Å². The largest absolute Gasteiger partial charge is 0.381 e. The van der Waals surface area contributed by atoms with Crippen molar-refractivity contribution in [2.24, 2.45) is 17.6 Å². The SMILES string of the molecule is NC1CCC(C(=O)C2CCOC3(CCOCC3)C2)C1. The van der Waals surface area contributed by atoms with Gasteiger partial charge >= 0.3 is 0 Å². The Bertz CT molecular complexity index is 333. The fourth-order valence-electron chi connectivity index (χ4n) is 3.97. The molecule has 0 aromatic rings. The van der Waals surface area contributed by atoms with E-state index in [1.165, 1.54) is 0 Å². The molecule has 2 N–H and O–H groups in total. The van der Waals surface area contributed by atoms with Crippen molar-refractivity contribution in [2.75, 3.05) is 19.8 Å². The van der Waals surface area contributed by atoms with E-state index in [0.29, 0.717) is 5.78 Å². The molecule has 3 atom stereocenters. The standard InChI is InChI=1S/C15H25NO3/c16-13-2-1-11(9-13)14(17)12-3-6-19-15(10-12)4-7-18-8-5-15/h11-13H,1-10,16H2. The maximum Gasteiger partial charge on any atom is 0.139 e. The fraction of sp³-hybridized carbons (Fsp3) is 0.933. The van der Waals surface area contributed by atoms with Crippen molar-refractivity contribution >= 4 is 5.78 Å². The summed E-state index contributed by atoms with van der Waals surface area (Å²) in [5, 5.41) is 0. The molecule has 0 bridgehead atoms. The van der Waals surface area contributed by atoms with Gasteiger partial charge in [0, 0.05) is 37.7 Å². The van der Waals surface area contributed by atoms with Gasteiger partial charge in [0.05, 0.1) is 5.60 Å². The molecule has 2 heterocycles. The summed E-state index contributed by atoms with van der Waals surface area (Å²) in [4.78, 5) is 12.6. The summed E-state index contributed by atoms with van der Waals surface area (Å²) in [6.45, 7) is 2.28. The van der Waals surface area contributed by atoms with Crippen LogP contribution >= 0.6 is 0 Å². The highest BCUT2D eigenvalue weighted by molar-refractivity contribution is 5.84. The zero-order valence-corrected chi connectivity index (χ0v) is 11.6. The minimum Gasteiger partial charge on any atom is -0.381 e. The maximum absolute atomic E-state index is 12.6. The van der Waals surface area contributed by atoms with Gasteiger partial charge in [-0.15, -0.1) is 0 Å². The molecule has 108 valence electrons. The van der Waals surface area contributed by atoms with Gasteiger partial charge in [0.1, 0.15) is 5.78 Å². The molecular weight excluding hydrogens is 242 g/mol. The molecule has 1 saturated carbocycles. The van der Waals surface area contributed by atoms with E-state index in [-0.39, 0.29) is 23.5 Å². The summed E-state index contributed by atoms with van der Waals surface area (Å²) < 4.78 is 11.4. The molecule has 4 nitrogen and oxygen atoms in total. The van der Waals surface area contributed by atoms with Crippen molar-refractivity contribution in [3.63, 3.8) is 0 Å². The molecule has 3 unspecified atom stereocenters. The second-order valence-electron chi connectivity index (χ2n) is 6.51.